The van der Waals surface area contributed by atoms with Gasteiger partial charge in [-0.1, -0.05) is 36.4 Å². The molecule has 6 nitrogen and oxygen atoms in total. The lowest BCUT2D eigenvalue weighted by Gasteiger charge is -2.33. The van der Waals surface area contributed by atoms with Crippen LogP contribution in [0.1, 0.15) is 35.1 Å². The van der Waals surface area contributed by atoms with E-state index in [9.17, 15) is 15.0 Å². The fourth-order valence-corrected chi connectivity index (χ4v) is 4.62. The Hall–Kier alpha value is -2.67. The predicted octanol–water partition coefficient (Wildman–Crippen LogP) is 2.40. The number of carbonyl (C=O) groups excluding carboxylic acids is 1. The molecule has 3 aliphatic heterocycles. The molecule has 0 aromatic heterocycles. The maximum Gasteiger partial charge on any atom is 0.260 e. The standard InChI is InChI=1S/C24H26N2O4/c27-20-9-11-26(13-21(20)28)10-3-4-15-7-8-17-16(12-15)14-30-23(17)22-18-5-1-2-6-19(18)25-24(22)29/h1-2,5-8,12,20-21,27-28H,3-4,9-11,13-14H2,(H,25,29)/t20-,21-/m0/s1. The molecule has 3 aliphatic rings. The maximum atomic E-state index is 12.5. The van der Waals surface area contributed by atoms with Crippen LogP contribution in [0.4, 0.5) is 5.69 Å². The quantitative estimate of drug-likeness (QED) is 0.680. The van der Waals surface area contributed by atoms with Crippen molar-refractivity contribution in [2.75, 3.05) is 25.0 Å². The van der Waals surface area contributed by atoms with E-state index in [4.69, 9.17) is 4.74 Å². The average Bonchev–Trinajstić information content (AvgIpc) is 3.29. The van der Waals surface area contributed by atoms with Crippen LogP contribution in [0, 0.1) is 0 Å². The third-order valence-corrected chi connectivity index (χ3v) is 6.26. The van der Waals surface area contributed by atoms with Gasteiger partial charge in [-0.15, -0.1) is 0 Å². The fourth-order valence-electron chi connectivity index (χ4n) is 4.62. The van der Waals surface area contributed by atoms with Crippen LogP contribution >= 0.6 is 0 Å². The van der Waals surface area contributed by atoms with Crippen LogP contribution < -0.4 is 5.32 Å². The number of benzene rings is 2. The maximum absolute atomic E-state index is 12.5. The number of likely N-dealkylation sites (tertiary alicyclic amines) is 1. The summed E-state index contributed by atoms with van der Waals surface area (Å²) in [4.78, 5) is 14.8. The van der Waals surface area contributed by atoms with Crippen molar-refractivity contribution in [1.82, 2.24) is 4.90 Å². The number of para-hydroxylation sites is 1. The Morgan fingerprint density at radius 3 is 2.83 bits per heavy atom. The lowest BCUT2D eigenvalue weighted by Crippen LogP contribution is -2.46. The summed E-state index contributed by atoms with van der Waals surface area (Å²) in [5.74, 6) is 0.553. The Kier molecular flexibility index (Phi) is 5.06. The van der Waals surface area contributed by atoms with E-state index in [-0.39, 0.29) is 5.91 Å². The van der Waals surface area contributed by atoms with Gasteiger partial charge in [0.2, 0.25) is 0 Å². The third kappa shape index (κ3) is 3.51. The van der Waals surface area contributed by atoms with Crippen LogP contribution in [0.5, 0.6) is 0 Å². The molecule has 3 N–H and O–H groups in total. The van der Waals surface area contributed by atoms with E-state index in [0.717, 1.165) is 48.3 Å². The minimum atomic E-state index is -0.639. The smallest absolute Gasteiger partial charge is 0.260 e. The molecule has 6 heteroatoms. The van der Waals surface area contributed by atoms with Gasteiger partial charge in [-0.05, 0) is 37.4 Å². The number of nitrogens with zero attached hydrogens (tertiary/aromatic N) is 1. The number of aryl methyl sites for hydroxylation is 1. The number of fused-ring (bicyclic) bond motifs is 2. The molecule has 2 atom stereocenters. The van der Waals surface area contributed by atoms with Crippen molar-refractivity contribution in [3.8, 4) is 0 Å². The molecule has 30 heavy (non-hydrogen) atoms. The second kappa shape index (κ2) is 7.87. The van der Waals surface area contributed by atoms with Gasteiger partial charge in [0, 0.05) is 35.5 Å². The SMILES string of the molecule is O=C1Nc2ccccc2C1=C1OCc2cc(CCCN3CC[C@H](O)[C@@H](O)C3)ccc21. The summed E-state index contributed by atoms with van der Waals surface area (Å²) in [5, 5.41) is 22.4. The lowest BCUT2D eigenvalue weighted by atomic mass is 9.98. The van der Waals surface area contributed by atoms with Gasteiger partial charge in [0.15, 0.2) is 0 Å². The first-order chi connectivity index (χ1) is 14.6. The van der Waals surface area contributed by atoms with Gasteiger partial charge >= 0.3 is 0 Å². The van der Waals surface area contributed by atoms with Gasteiger partial charge in [0.05, 0.1) is 17.8 Å². The molecular formula is C24H26N2O4. The average molecular weight is 406 g/mol. The molecule has 1 amide bonds. The van der Waals surface area contributed by atoms with Crippen molar-refractivity contribution in [1.29, 1.82) is 0 Å². The predicted molar refractivity (Wildman–Crippen MR) is 115 cm³/mol. The molecule has 0 bridgehead atoms. The highest BCUT2D eigenvalue weighted by molar-refractivity contribution is 6.36. The van der Waals surface area contributed by atoms with Crippen molar-refractivity contribution in [2.45, 2.75) is 38.1 Å². The third-order valence-electron chi connectivity index (χ3n) is 6.26. The first-order valence-electron chi connectivity index (χ1n) is 10.6. The van der Waals surface area contributed by atoms with E-state index < -0.39 is 12.2 Å². The Morgan fingerprint density at radius 2 is 1.97 bits per heavy atom. The number of hydrogen-bond acceptors (Lipinski definition) is 5. The molecule has 3 heterocycles. The first kappa shape index (κ1) is 19.3. The summed E-state index contributed by atoms with van der Waals surface area (Å²) in [6.07, 6.45) is 1.34. The molecule has 0 saturated carbocycles. The van der Waals surface area contributed by atoms with E-state index in [2.05, 4.69) is 28.4 Å². The molecule has 0 aliphatic carbocycles. The molecule has 0 radical (unpaired) electrons. The number of aliphatic hydroxyl groups is 2. The molecule has 1 saturated heterocycles. The summed E-state index contributed by atoms with van der Waals surface area (Å²) in [5.41, 5.74) is 5.69. The van der Waals surface area contributed by atoms with Crippen molar-refractivity contribution < 1.29 is 19.7 Å². The van der Waals surface area contributed by atoms with Gasteiger partial charge in [-0.25, -0.2) is 0 Å². The van der Waals surface area contributed by atoms with Crippen LogP contribution in [0.15, 0.2) is 42.5 Å². The summed E-state index contributed by atoms with van der Waals surface area (Å²) in [6.45, 7) is 2.76. The van der Waals surface area contributed by atoms with Crippen LogP contribution in [0.25, 0.3) is 11.3 Å². The number of hydrogen-bond donors (Lipinski definition) is 3. The lowest BCUT2D eigenvalue weighted by molar-refractivity contribution is -0.110. The number of aliphatic hydroxyl groups excluding tert-OH is 2. The number of carbonyl (C=O) groups is 1. The second-order valence-electron chi connectivity index (χ2n) is 8.31. The Morgan fingerprint density at radius 1 is 1.10 bits per heavy atom. The van der Waals surface area contributed by atoms with Gasteiger partial charge in [0.25, 0.3) is 5.91 Å². The summed E-state index contributed by atoms with van der Waals surface area (Å²) < 4.78 is 5.97. The largest absolute Gasteiger partial charge is 0.487 e. The number of ether oxygens (including phenoxy) is 1. The Balaban J connectivity index is 1.29. The number of β-amino-alcohol motifs (C(OH)–C–C–N with tert-alkyl or cyclic N) is 1. The zero-order chi connectivity index (χ0) is 20.7. The molecule has 156 valence electrons. The number of anilines is 1. The van der Waals surface area contributed by atoms with Crippen LogP contribution in [-0.4, -0.2) is 52.9 Å². The number of piperidine rings is 1. The monoisotopic (exact) mass is 406 g/mol. The highest BCUT2D eigenvalue weighted by atomic mass is 16.5. The van der Waals surface area contributed by atoms with Crippen LogP contribution in [0.3, 0.4) is 0 Å². The van der Waals surface area contributed by atoms with Crippen molar-refractivity contribution >= 4 is 22.9 Å². The molecule has 1 fully saturated rings. The summed E-state index contributed by atoms with van der Waals surface area (Å²) in [6, 6.07) is 14.0. The Bertz CT molecular complexity index is 1020. The van der Waals surface area contributed by atoms with E-state index in [1.165, 1.54) is 5.56 Å². The highest BCUT2D eigenvalue weighted by Gasteiger charge is 2.32. The first-order valence-corrected chi connectivity index (χ1v) is 10.6. The summed E-state index contributed by atoms with van der Waals surface area (Å²) in [7, 11) is 0. The van der Waals surface area contributed by atoms with Crippen molar-refractivity contribution in [3.05, 3.63) is 64.7 Å². The molecule has 0 spiro atoms. The number of amides is 1. The topological polar surface area (TPSA) is 82.0 Å². The van der Waals surface area contributed by atoms with Gasteiger partial charge in [0.1, 0.15) is 12.4 Å². The van der Waals surface area contributed by atoms with Crippen molar-refractivity contribution in [3.63, 3.8) is 0 Å². The zero-order valence-electron chi connectivity index (χ0n) is 16.8. The molecule has 2 aromatic carbocycles. The summed E-state index contributed by atoms with van der Waals surface area (Å²) >= 11 is 0. The zero-order valence-corrected chi connectivity index (χ0v) is 16.8. The number of rotatable bonds is 4. The normalized spacial score (nSPS) is 25.6. The van der Waals surface area contributed by atoms with E-state index in [0.29, 0.717) is 30.9 Å². The minimum Gasteiger partial charge on any atom is -0.487 e. The molecule has 0 unspecified atom stereocenters. The molecule has 2 aromatic rings. The van der Waals surface area contributed by atoms with E-state index in [1.54, 1.807) is 0 Å². The second-order valence-corrected chi connectivity index (χ2v) is 8.31. The number of nitrogens with one attached hydrogen (secondary N) is 1. The molecular weight excluding hydrogens is 380 g/mol. The van der Waals surface area contributed by atoms with E-state index in [1.807, 2.05) is 24.3 Å². The van der Waals surface area contributed by atoms with Crippen molar-refractivity contribution in [2.24, 2.45) is 0 Å². The Labute approximate surface area is 175 Å². The van der Waals surface area contributed by atoms with Crippen LogP contribution in [-0.2, 0) is 22.6 Å². The highest BCUT2D eigenvalue weighted by Crippen LogP contribution is 2.41. The van der Waals surface area contributed by atoms with Gasteiger partial charge in [-0.3, -0.25) is 4.79 Å². The van der Waals surface area contributed by atoms with Gasteiger partial charge < -0.3 is 25.2 Å². The minimum absolute atomic E-state index is 0.114. The van der Waals surface area contributed by atoms with Crippen LogP contribution in [0.2, 0.25) is 0 Å². The van der Waals surface area contributed by atoms with E-state index >= 15 is 0 Å². The van der Waals surface area contributed by atoms with Gasteiger partial charge in [-0.2, -0.15) is 0 Å². The fraction of sp³-hybridized carbons (Fsp3) is 0.375. The molecule has 5 rings (SSSR count).